The number of amides is 1. The maximum Gasteiger partial charge on any atom is 0.287 e. The lowest BCUT2D eigenvalue weighted by Gasteiger charge is -2.12. The Labute approximate surface area is 199 Å². The summed E-state index contributed by atoms with van der Waals surface area (Å²) >= 11 is 1.43. The van der Waals surface area contributed by atoms with Crippen molar-refractivity contribution < 1.29 is 9.90 Å². The molecule has 4 aromatic rings. The number of aliphatic hydroxyl groups is 1. The molecule has 0 saturated carbocycles. The summed E-state index contributed by atoms with van der Waals surface area (Å²) in [5, 5.41) is 27.2. The molecule has 3 heterocycles. The van der Waals surface area contributed by atoms with Gasteiger partial charge in [-0.3, -0.25) is 14.3 Å². The smallest absolute Gasteiger partial charge is 0.287 e. The Morgan fingerprint density at radius 1 is 1.24 bits per heavy atom. The number of nitrogens with zero attached hydrogens (tertiary/aromatic N) is 3. The van der Waals surface area contributed by atoms with E-state index in [2.05, 4.69) is 25.9 Å². The highest BCUT2D eigenvalue weighted by Gasteiger charge is 2.25. The summed E-state index contributed by atoms with van der Waals surface area (Å²) in [5.41, 5.74) is 4.59. The number of hydrogen-bond donors (Lipinski definition) is 4. The molecule has 0 saturated heterocycles. The van der Waals surface area contributed by atoms with Crippen LogP contribution >= 0.6 is 11.3 Å². The van der Waals surface area contributed by atoms with Gasteiger partial charge in [-0.05, 0) is 56.0 Å². The van der Waals surface area contributed by atoms with Crippen molar-refractivity contribution in [2.75, 3.05) is 10.6 Å². The second-order valence-electron chi connectivity index (χ2n) is 8.39. The molecule has 0 aliphatic heterocycles. The number of carbonyl (C=O) groups excluding carboxylic acids is 1. The number of aromatic nitrogens is 4. The highest BCUT2D eigenvalue weighted by atomic mass is 32.1. The molecular weight excluding hydrogens is 452 g/mol. The normalized spacial score (nSPS) is 14.8. The van der Waals surface area contributed by atoms with Crippen molar-refractivity contribution in [3.05, 3.63) is 73.3 Å². The molecule has 1 amide bonds. The molecule has 0 spiro atoms. The summed E-state index contributed by atoms with van der Waals surface area (Å²) < 4.78 is 1.72. The van der Waals surface area contributed by atoms with Crippen LogP contribution in [0, 0.1) is 13.8 Å². The van der Waals surface area contributed by atoms with E-state index in [0.29, 0.717) is 34.2 Å². The summed E-state index contributed by atoms with van der Waals surface area (Å²) in [5.74, 6) is 0.350. The third-order valence-corrected chi connectivity index (χ3v) is 7.32. The Kier molecular flexibility index (Phi) is 5.54. The van der Waals surface area contributed by atoms with E-state index in [1.165, 1.54) is 11.3 Å². The van der Waals surface area contributed by atoms with E-state index in [4.69, 9.17) is 0 Å². The van der Waals surface area contributed by atoms with Gasteiger partial charge in [0.15, 0.2) is 5.82 Å². The first kappa shape index (κ1) is 22.1. The van der Waals surface area contributed by atoms with Crippen LogP contribution in [0.1, 0.15) is 43.9 Å². The second-order valence-corrected chi connectivity index (χ2v) is 9.53. The summed E-state index contributed by atoms with van der Waals surface area (Å²) in [6.45, 7) is 3.82. The van der Waals surface area contributed by atoms with Gasteiger partial charge in [0.25, 0.3) is 11.5 Å². The molecule has 0 fully saturated rings. The number of aromatic amines is 1. The number of fused-ring (bicyclic) bond motifs is 1. The standard InChI is InChI=1S/C24H24N6O3S/c1-12-9-22(29-30(12)3)25-18-11-17(27-28-23(18)32)14-5-4-6-16(13(14)2)26-24(33)21-10-15-19(31)7-8-20(15)34-21/h4-6,9-11,19,31H,7-8H2,1-3H3,(H,26,33)(H,28,32)(H,25,27,29). The number of anilines is 3. The molecular formula is C24H24N6O3S. The van der Waals surface area contributed by atoms with Gasteiger partial charge in [0, 0.05) is 34.9 Å². The average molecular weight is 477 g/mol. The summed E-state index contributed by atoms with van der Waals surface area (Å²) in [4.78, 5) is 26.9. The number of aryl methyl sites for hydroxylation is 3. The van der Waals surface area contributed by atoms with E-state index in [0.717, 1.165) is 33.7 Å². The first-order chi connectivity index (χ1) is 16.3. The van der Waals surface area contributed by atoms with Gasteiger partial charge >= 0.3 is 0 Å². The number of carbonyl (C=O) groups is 1. The fourth-order valence-corrected chi connectivity index (χ4v) is 5.21. The zero-order valence-electron chi connectivity index (χ0n) is 19.0. The second kappa shape index (κ2) is 8.54. The maximum atomic E-state index is 12.9. The number of aliphatic hydroxyl groups excluding tert-OH is 1. The zero-order chi connectivity index (χ0) is 24.0. The Morgan fingerprint density at radius 3 is 2.79 bits per heavy atom. The average Bonchev–Trinajstić information content (AvgIpc) is 3.47. The fraction of sp³-hybridized carbons (Fsp3) is 0.250. The predicted molar refractivity (Wildman–Crippen MR) is 132 cm³/mol. The minimum atomic E-state index is -0.484. The minimum Gasteiger partial charge on any atom is -0.388 e. The Balaban J connectivity index is 1.41. The van der Waals surface area contributed by atoms with Crippen molar-refractivity contribution in [3.8, 4) is 11.3 Å². The van der Waals surface area contributed by atoms with Crippen LogP contribution in [0.15, 0.2) is 41.2 Å². The van der Waals surface area contributed by atoms with Gasteiger partial charge in [-0.25, -0.2) is 5.10 Å². The molecule has 1 atom stereocenters. The topological polar surface area (TPSA) is 125 Å². The van der Waals surface area contributed by atoms with Crippen LogP contribution in [-0.4, -0.2) is 31.0 Å². The van der Waals surface area contributed by atoms with Crippen LogP contribution < -0.4 is 16.2 Å². The third kappa shape index (κ3) is 4.02. The summed E-state index contributed by atoms with van der Waals surface area (Å²) in [7, 11) is 1.83. The lowest BCUT2D eigenvalue weighted by molar-refractivity contribution is 0.103. The van der Waals surface area contributed by atoms with Crippen LogP contribution in [0.2, 0.25) is 0 Å². The Morgan fingerprint density at radius 2 is 2.06 bits per heavy atom. The Hall–Kier alpha value is -3.76. The highest BCUT2D eigenvalue weighted by molar-refractivity contribution is 7.14. The number of H-pyrrole nitrogens is 1. The molecule has 5 rings (SSSR count). The van der Waals surface area contributed by atoms with E-state index in [9.17, 15) is 14.7 Å². The summed E-state index contributed by atoms with van der Waals surface area (Å²) in [6, 6.07) is 10.8. The lowest BCUT2D eigenvalue weighted by Crippen LogP contribution is -2.14. The summed E-state index contributed by atoms with van der Waals surface area (Å²) in [6.07, 6.45) is 1.03. The zero-order valence-corrected chi connectivity index (χ0v) is 19.8. The van der Waals surface area contributed by atoms with Crippen LogP contribution in [0.4, 0.5) is 17.2 Å². The molecule has 1 aromatic carbocycles. The number of rotatable bonds is 5. The molecule has 4 N–H and O–H groups in total. The fourth-order valence-electron chi connectivity index (χ4n) is 4.08. The molecule has 1 aliphatic rings. The van der Waals surface area contributed by atoms with Crippen LogP contribution in [0.5, 0.6) is 0 Å². The van der Waals surface area contributed by atoms with Crippen molar-refractivity contribution in [1.29, 1.82) is 0 Å². The molecule has 0 radical (unpaired) electrons. The van der Waals surface area contributed by atoms with Crippen molar-refractivity contribution >= 4 is 34.4 Å². The van der Waals surface area contributed by atoms with E-state index >= 15 is 0 Å². The van der Waals surface area contributed by atoms with Gasteiger partial charge in [0.1, 0.15) is 5.69 Å². The van der Waals surface area contributed by atoms with Crippen molar-refractivity contribution in [3.63, 3.8) is 0 Å². The largest absolute Gasteiger partial charge is 0.388 e. The maximum absolute atomic E-state index is 12.9. The van der Waals surface area contributed by atoms with E-state index in [1.54, 1.807) is 16.8 Å². The van der Waals surface area contributed by atoms with Gasteiger partial charge in [0.2, 0.25) is 0 Å². The molecule has 10 heteroatoms. The molecule has 1 unspecified atom stereocenters. The quantitative estimate of drug-likeness (QED) is 0.347. The molecule has 34 heavy (non-hydrogen) atoms. The predicted octanol–water partition coefficient (Wildman–Crippen LogP) is 3.82. The lowest BCUT2D eigenvalue weighted by atomic mass is 10.0. The van der Waals surface area contributed by atoms with E-state index < -0.39 is 6.10 Å². The molecule has 1 aliphatic carbocycles. The van der Waals surface area contributed by atoms with Crippen LogP contribution in [0.3, 0.4) is 0 Å². The number of benzene rings is 1. The van der Waals surface area contributed by atoms with Crippen LogP contribution in [0.25, 0.3) is 11.3 Å². The Bertz CT molecular complexity index is 1450. The monoisotopic (exact) mass is 476 g/mol. The molecule has 3 aromatic heterocycles. The number of nitrogens with one attached hydrogen (secondary N) is 3. The third-order valence-electron chi connectivity index (χ3n) is 6.11. The van der Waals surface area contributed by atoms with Gasteiger partial charge in [-0.15, -0.1) is 11.3 Å². The van der Waals surface area contributed by atoms with Crippen molar-refractivity contribution in [1.82, 2.24) is 20.0 Å². The van der Waals surface area contributed by atoms with Crippen LogP contribution in [-0.2, 0) is 13.5 Å². The van der Waals surface area contributed by atoms with Crippen molar-refractivity contribution in [2.24, 2.45) is 7.05 Å². The SMILES string of the molecule is Cc1c(NC(=O)c2cc3c(s2)CCC3O)cccc1-c1cc(Nc2cc(C)n(C)n2)c(=O)[nH]n1. The van der Waals surface area contributed by atoms with Crippen molar-refractivity contribution in [2.45, 2.75) is 32.8 Å². The molecule has 174 valence electrons. The van der Waals surface area contributed by atoms with E-state index in [-0.39, 0.29) is 11.5 Å². The minimum absolute atomic E-state index is 0.214. The van der Waals surface area contributed by atoms with Gasteiger partial charge in [-0.1, -0.05) is 12.1 Å². The number of hydrogen-bond acceptors (Lipinski definition) is 7. The van der Waals surface area contributed by atoms with Gasteiger partial charge < -0.3 is 15.7 Å². The first-order valence-electron chi connectivity index (χ1n) is 10.9. The molecule has 0 bridgehead atoms. The molecule has 9 nitrogen and oxygen atoms in total. The first-order valence-corrected chi connectivity index (χ1v) is 11.7. The highest BCUT2D eigenvalue weighted by Crippen LogP contribution is 2.37. The van der Waals surface area contributed by atoms with E-state index in [1.807, 2.05) is 45.2 Å². The van der Waals surface area contributed by atoms with Gasteiger partial charge in [-0.2, -0.15) is 10.2 Å². The number of thiophene rings is 1. The van der Waals surface area contributed by atoms with Gasteiger partial charge in [0.05, 0.1) is 16.7 Å².